The molecule has 1 heterocycles. The normalized spacial score (nSPS) is 10.4. The van der Waals surface area contributed by atoms with Gasteiger partial charge in [-0.15, -0.1) is 0 Å². The number of halogens is 4. The van der Waals surface area contributed by atoms with Crippen LogP contribution in [0.2, 0.25) is 5.02 Å². The Morgan fingerprint density at radius 2 is 1.78 bits per heavy atom. The van der Waals surface area contributed by atoms with Gasteiger partial charge in [-0.2, -0.15) is 0 Å². The number of ketones is 1. The van der Waals surface area contributed by atoms with Gasteiger partial charge >= 0.3 is 0 Å². The summed E-state index contributed by atoms with van der Waals surface area (Å²) in [6.45, 7) is 0. The molecular formula is C12H5ClF3NO. The maximum absolute atomic E-state index is 13.5. The van der Waals surface area contributed by atoms with E-state index in [1.165, 1.54) is 0 Å². The van der Waals surface area contributed by atoms with E-state index in [2.05, 4.69) is 4.98 Å². The third-order valence-electron chi connectivity index (χ3n) is 2.22. The number of rotatable bonds is 2. The molecule has 0 N–H and O–H groups in total. The fourth-order valence-electron chi connectivity index (χ4n) is 1.39. The van der Waals surface area contributed by atoms with E-state index in [1.807, 2.05) is 0 Å². The van der Waals surface area contributed by atoms with Crippen molar-refractivity contribution in [3.8, 4) is 0 Å². The number of carbonyl (C=O) groups excluding carboxylic acids is 1. The zero-order valence-electron chi connectivity index (χ0n) is 8.75. The predicted octanol–water partition coefficient (Wildman–Crippen LogP) is 3.38. The lowest BCUT2D eigenvalue weighted by atomic mass is 10.0. The van der Waals surface area contributed by atoms with Crippen molar-refractivity contribution in [3.63, 3.8) is 0 Å². The topological polar surface area (TPSA) is 30.0 Å². The van der Waals surface area contributed by atoms with Crippen molar-refractivity contribution in [2.45, 2.75) is 0 Å². The number of pyridine rings is 1. The lowest BCUT2D eigenvalue weighted by Gasteiger charge is -2.04. The summed E-state index contributed by atoms with van der Waals surface area (Å²) >= 11 is 5.36. The summed E-state index contributed by atoms with van der Waals surface area (Å²) in [6.07, 6.45) is 1.97. The van der Waals surface area contributed by atoms with E-state index in [1.54, 1.807) is 0 Å². The first-order chi connectivity index (χ1) is 8.49. The molecule has 2 aromatic rings. The average Bonchev–Trinajstić information content (AvgIpc) is 2.33. The van der Waals surface area contributed by atoms with E-state index >= 15 is 0 Å². The van der Waals surface area contributed by atoms with Crippen molar-refractivity contribution in [1.82, 2.24) is 4.98 Å². The van der Waals surface area contributed by atoms with Crippen molar-refractivity contribution in [2.24, 2.45) is 0 Å². The number of hydrogen-bond donors (Lipinski definition) is 0. The maximum atomic E-state index is 13.5. The quantitative estimate of drug-likeness (QED) is 0.619. The van der Waals surface area contributed by atoms with Gasteiger partial charge in [0.05, 0.1) is 16.8 Å². The zero-order chi connectivity index (χ0) is 13.3. The number of carbonyl (C=O) groups is 1. The zero-order valence-corrected chi connectivity index (χ0v) is 9.51. The minimum Gasteiger partial charge on any atom is -0.288 e. The summed E-state index contributed by atoms with van der Waals surface area (Å²) in [5, 5.41) is -0.429. The van der Waals surface area contributed by atoms with Crippen LogP contribution >= 0.6 is 11.6 Å². The van der Waals surface area contributed by atoms with Crippen LogP contribution in [-0.2, 0) is 0 Å². The molecule has 18 heavy (non-hydrogen) atoms. The van der Waals surface area contributed by atoms with Gasteiger partial charge < -0.3 is 0 Å². The highest BCUT2D eigenvalue weighted by atomic mass is 35.5. The summed E-state index contributed by atoms with van der Waals surface area (Å²) in [4.78, 5) is 15.3. The summed E-state index contributed by atoms with van der Waals surface area (Å²) in [5.41, 5.74) is -0.695. The lowest BCUT2D eigenvalue weighted by molar-refractivity contribution is 0.103. The van der Waals surface area contributed by atoms with Crippen LogP contribution in [0.5, 0.6) is 0 Å². The Bertz CT molecular complexity index is 631. The van der Waals surface area contributed by atoms with E-state index < -0.39 is 33.8 Å². The second-order valence-corrected chi connectivity index (χ2v) is 3.87. The van der Waals surface area contributed by atoms with Crippen LogP contribution in [0.4, 0.5) is 13.2 Å². The number of benzene rings is 1. The van der Waals surface area contributed by atoms with Crippen molar-refractivity contribution < 1.29 is 18.0 Å². The molecular weight excluding hydrogens is 267 g/mol. The standard InChI is InChI=1S/C12H5ClF3NO/c13-9-3-10(15)8(2-11(9)16)12(18)6-1-7(14)5-17-4-6/h1-5H. The molecule has 92 valence electrons. The van der Waals surface area contributed by atoms with E-state index in [0.29, 0.717) is 12.1 Å². The fraction of sp³-hybridized carbons (Fsp3) is 0. The number of aromatic nitrogens is 1. The SMILES string of the molecule is O=C(c1cncc(F)c1)c1cc(F)c(Cl)cc1F. The van der Waals surface area contributed by atoms with Crippen molar-refractivity contribution in [3.05, 3.63) is 64.2 Å². The van der Waals surface area contributed by atoms with Gasteiger partial charge in [0.25, 0.3) is 0 Å². The Morgan fingerprint density at radius 1 is 1.06 bits per heavy atom. The fourth-order valence-corrected chi connectivity index (χ4v) is 1.54. The molecule has 0 atom stereocenters. The second kappa shape index (κ2) is 4.78. The highest BCUT2D eigenvalue weighted by Crippen LogP contribution is 2.21. The van der Waals surface area contributed by atoms with E-state index in [9.17, 15) is 18.0 Å². The average molecular weight is 272 g/mol. The lowest BCUT2D eigenvalue weighted by Crippen LogP contribution is -2.06. The first-order valence-electron chi connectivity index (χ1n) is 4.79. The van der Waals surface area contributed by atoms with Crippen LogP contribution in [-0.4, -0.2) is 10.8 Å². The molecule has 0 bridgehead atoms. The van der Waals surface area contributed by atoms with Crippen LogP contribution in [0.15, 0.2) is 30.6 Å². The van der Waals surface area contributed by atoms with Crippen molar-refractivity contribution in [2.75, 3.05) is 0 Å². The van der Waals surface area contributed by atoms with E-state index in [-0.39, 0.29) is 5.56 Å². The first-order valence-corrected chi connectivity index (χ1v) is 5.16. The van der Waals surface area contributed by atoms with Crippen LogP contribution in [0.1, 0.15) is 15.9 Å². The van der Waals surface area contributed by atoms with Crippen molar-refractivity contribution >= 4 is 17.4 Å². The largest absolute Gasteiger partial charge is 0.288 e. The third kappa shape index (κ3) is 2.36. The summed E-state index contributed by atoms with van der Waals surface area (Å²) < 4.78 is 39.5. The molecule has 0 radical (unpaired) electrons. The Kier molecular flexibility index (Phi) is 3.34. The molecule has 0 fully saturated rings. The van der Waals surface area contributed by atoms with Crippen LogP contribution in [0.25, 0.3) is 0 Å². The summed E-state index contributed by atoms with van der Waals surface area (Å²) in [5.74, 6) is -3.51. The predicted molar refractivity (Wildman–Crippen MR) is 59.0 cm³/mol. The monoisotopic (exact) mass is 271 g/mol. The van der Waals surface area contributed by atoms with Gasteiger partial charge in [0.2, 0.25) is 0 Å². The van der Waals surface area contributed by atoms with Gasteiger partial charge in [-0.05, 0) is 18.2 Å². The van der Waals surface area contributed by atoms with Gasteiger partial charge in [-0.3, -0.25) is 9.78 Å². The van der Waals surface area contributed by atoms with Gasteiger partial charge in [0.1, 0.15) is 17.5 Å². The smallest absolute Gasteiger partial charge is 0.197 e. The Hall–Kier alpha value is -1.88. The maximum Gasteiger partial charge on any atom is 0.197 e. The molecule has 0 spiro atoms. The van der Waals surface area contributed by atoms with Crippen LogP contribution in [0.3, 0.4) is 0 Å². The Labute approximate surface area is 105 Å². The summed E-state index contributed by atoms with van der Waals surface area (Å²) in [6, 6.07) is 2.25. The van der Waals surface area contributed by atoms with Gasteiger partial charge in [-0.1, -0.05) is 11.6 Å². The molecule has 0 unspecified atom stereocenters. The second-order valence-electron chi connectivity index (χ2n) is 3.47. The van der Waals surface area contributed by atoms with Crippen LogP contribution in [0, 0.1) is 17.5 Å². The Balaban J connectivity index is 2.49. The van der Waals surface area contributed by atoms with E-state index in [4.69, 9.17) is 11.6 Å². The highest BCUT2D eigenvalue weighted by Gasteiger charge is 2.17. The minimum absolute atomic E-state index is 0.171. The van der Waals surface area contributed by atoms with Crippen molar-refractivity contribution in [1.29, 1.82) is 0 Å². The van der Waals surface area contributed by atoms with Crippen LogP contribution < -0.4 is 0 Å². The molecule has 0 amide bonds. The number of hydrogen-bond acceptors (Lipinski definition) is 2. The molecule has 6 heteroatoms. The molecule has 0 saturated carbocycles. The van der Waals surface area contributed by atoms with Gasteiger partial charge in [-0.25, -0.2) is 13.2 Å². The van der Waals surface area contributed by atoms with Gasteiger partial charge in [0.15, 0.2) is 5.78 Å². The molecule has 1 aromatic carbocycles. The minimum atomic E-state index is -0.976. The van der Waals surface area contributed by atoms with Gasteiger partial charge in [0, 0.05) is 11.8 Å². The molecule has 2 nitrogen and oxygen atoms in total. The van der Waals surface area contributed by atoms with E-state index in [0.717, 1.165) is 18.5 Å². The molecule has 2 rings (SSSR count). The first kappa shape index (κ1) is 12.6. The Morgan fingerprint density at radius 3 is 2.44 bits per heavy atom. The third-order valence-corrected chi connectivity index (χ3v) is 2.51. The molecule has 0 aliphatic rings. The molecule has 0 saturated heterocycles. The summed E-state index contributed by atoms with van der Waals surface area (Å²) in [7, 11) is 0. The number of nitrogens with zero attached hydrogens (tertiary/aromatic N) is 1. The molecule has 0 aliphatic heterocycles. The molecule has 0 aliphatic carbocycles. The highest BCUT2D eigenvalue weighted by molar-refractivity contribution is 6.30. The molecule has 1 aromatic heterocycles.